The molecule has 8 nitrogen and oxygen atoms in total. The normalized spacial score (nSPS) is 14.8. The van der Waals surface area contributed by atoms with Gasteiger partial charge in [0.1, 0.15) is 0 Å². The van der Waals surface area contributed by atoms with Crippen molar-refractivity contribution in [2.24, 2.45) is 0 Å². The summed E-state index contributed by atoms with van der Waals surface area (Å²) in [5.41, 5.74) is 2.27. The lowest BCUT2D eigenvalue weighted by atomic mass is 10.1. The smallest absolute Gasteiger partial charge is 0.262 e. The van der Waals surface area contributed by atoms with Crippen molar-refractivity contribution in [2.75, 3.05) is 44.0 Å². The molecular formula is C23H30N4O4S. The number of rotatable bonds is 7. The van der Waals surface area contributed by atoms with Crippen LogP contribution in [0.1, 0.15) is 28.4 Å². The number of hydrogen-bond acceptors (Lipinski definition) is 5. The van der Waals surface area contributed by atoms with E-state index in [0.717, 1.165) is 5.56 Å². The molecule has 2 aromatic carbocycles. The molecule has 172 valence electrons. The molecule has 1 saturated heterocycles. The molecule has 0 aromatic heterocycles. The molecule has 1 aliphatic rings. The van der Waals surface area contributed by atoms with Gasteiger partial charge >= 0.3 is 0 Å². The molecule has 0 bridgehead atoms. The van der Waals surface area contributed by atoms with E-state index >= 15 is 0 Å². The fourth-order valence-electron chi connectivity index (χ4n) is 3.67. The molecule has 2 amide bonds. The van der Waals surface area contributed by atoms with Gasteiger partial charge in [-0.2, -0.15) is 0 Å². The summed E-state index contributed by atoms with van der Waals surface area (Å²) in [5, 5.41) is 2.78. The van der Waals surface area contributed by atoms with Crippen LogP contribution in [0, 0.1) is 13.8 Å². The summed E-state index contributed by atoms with van der Waals surface area (Å²) in [5.74, 6) is -0.174. The van der Waals surface area contributed by atoms with E-state index in [1.165, 1.54) is 0 Å². The molecule has 1 aliphatic heterocycles. The first-order chi connectivity index (χ1) is 15.2. The standard InChI is InChI=1S/C23H30N4O4S/c1-4-24-22(28)16-26-10-12-27(13-11-26)23(29)19-6-5-7-20(15-19)25-32(30,31)21-14-17(2)8-9-18(21)3/h5-9,14-15,25H,4,10-13,16H2,1-3H3,(H,24,28). The summed E-state index contributed by atoms with van der Waals surface area (Å²) in [7, 11) is -3.78. The number of nitrogens with one attached hydrogen (secondary N) is 2. The summed E-state index contributed by atoms with van der Waals surface area (Å²) < 4.78 is 28.4. The number of benzene rings is 2. The summed E-state index contributed by atoms with van der Waals surface area (Å²) in [6.45, 7) is 8.64. The van der Waals surface area contributed by atoms with Crippen LogP contribution in [0.5, 0.6) is 0 Å². The number of anilines is 1. The Hall–Kier alpha value is -2.91. The number of amides is 2. The van der Waals surface area contributed by atoms with Crippen molar-refractivity contribution >= 4 is 27.5 Å². The second-order valence-electron chi connectivity index (χ2n) is 7.98. The van der Waals surface area contributed by atoms with Crippen molar-refractivity contribution in [1.29, 1.82) is 0 Å². The zero-order valence-electron chi connectivity index (χ0n) is 18.7. The fourth-order valence-corrected chi connectivity index (χ4v) is 5.05. The number of piperazine rings is 1. The molecule has 32 heavy (non-hydrogen) atoms. The first kappa shape index (κ1) is 23.7. The van der Waals surface area contributed by atoms with E-state index in [1.807, 2.05) is 24.8 Å². The van der Waals surface area contributed by atoms with Gasteiger partial charge < -0.3 is 10.2 Å². The number of sulfonamides is 1. The Labute approximate surface area is 189 Å². The quantitative estimate of drug-likeness (QED) is 0.661. The van der Waals surface area contributed by atoms with Crippen LogP contribution in [-0.2, 0) is 14.8 Å². The van der Waals surface area contributed by atoms with E-state index in [0.29, 0.717) is 56.1 Å². The van der Waals surface area contributed by atoms with Crippen LogP contribution >= 0.6 is 0 Å². The second kappa shape index (κ2) is 10.1. The van der Waals surface area contributed by atoms with Crippen molar-refractivity contribution in [1.82, 2.24) is 15.1 Å². The summed E-state index contributed by atoms with van der Waals surface area (Å²) in [4.78, 5) is 28.7. The first-order valence-corrected chi connectivity index (χ1v) is 12.2. The van der Waals surface area contributed by atoms with E-state index in [-0.39, 0.29) is 16.7 Å². The zero-order chi connectivity index (χ0) is 23.3. The third kappa shape index (κ3) is 5.86. The van der Waals surface area contributed by atoms with Gasteiger partial charge in [0.2, 0.25) is 5.91 Å². The van der Waals surface area contributed by atoms with E-state index in [2.05, 4.69) is 10.0 Å². The molecule has 2 N–H and O–H groups in total. The average molecular weight is 459 g/mol. The average Bonchev–Trinajstić information content (AvgIpc) is 2.75. The lowest BCUT2D eigenvalue weighted by Crippen LogP contribution is -2.51. The summed E-state index contributed by atoms with van der Waals surface area (Å²) >= 11 is 0. The van der Waals surface area contributed by atoms with Gasteiger partial charge in [0.05, 0.1) is 11.4 Å². The third-order valence-corrected chi connectivity index (χ3v) is 6.92. The van der Waals surface area contributed by atoms with Crippen molar-refractivity contribution in [3.63, 3.8) is 0 Å². The molecule has 9 heteroatoms. The number of likely N-dealkylation sites (N-methyl/N-ethyl adjacent to an activating group) is 1. The number of hydrogen-bond donors (Lipinski definition) is 2. The minimum Gasteiger partial charge on any atom is -0.355 e. The highest BCUT2D eigenvalue weighted by molar-refractivity contribution is 7.92. The molecule has 0 aliphatic carbocycles. The van der Waals surface area contributed by atoms with E-state index in [9.17, 15) is 18.0 Å². The van der Waals surface area contributed by atoms with Gasteiger partial charge in [-0.15, -0.1) is 0 Å². The topological polar surface area (TPSA) is 98.8 Å². The van der Waals surface area contributed by atoms with E-state index in [4.69, 9.17) is 0 Å². The van der Waals surface area contributed by atoms with Crippen LogP contribution in [0.25, 0.3) is 0 Å². The van der Waals surface area contributed by atoms with Gasteiger partial charge in [-0.25, -0.2) is 8.42 Å². The maximum Gasteiger partial charge on any atom is 0.262 e. The van der Waals surface area contributed by atoms with E-state index in [1.54, 1.807) is 48.2 Å². The maximum atomic E-state index is 13.0. The Bertz CT molecular complexity index is 1090. The molecular weight excluding hydrogens is 428 g/mol. The highest BCUT2D eigenvalue weighted by Crippen LogP contribution is 2.22. The van der Waals surface area contributed by atoms with Crippen LogP contribution in [-0.4, -0.2) is 69.3 Å². The van der Waals surface area contributed by atoms with Crippen molar-refractivity contribution in [3.8, 4) is 0 Å². The van der Waals surface area contributed by atoms with Crippen molar-refractivity contribution in [2.45, 2.75) is 25.7 Å². The molecule has 0 unspecified atom stereocenters. The highest BCUT2D eigenvalue weighted by atomic mass is 32.2. The lowest BCUT2D eigenvalue weighted by Gasteiger charge is -2.34. The van der Waals surface area contributed by atoms with Crippen molar-refractivity contribution < 1.29 is 18.0 Å². The summed E-state index contributed by atoms with van der Waals surface area (Å²) in [6.07, 6.45) is 0. The Balaban J connectivity index is 1.67. The van der Waals surface area contributed by atoms with Crippen LogP contribution < -0.4 is 10.0 Å². The molecule has 0 saturated carbocycles. The molecule has 0 spiro atoms. The largest absolute Gasteiger partial charge is 0.355 e. The molecule has 1 fully saturated rings. The van der Waals surface area contributed by atoms with Gasteiger partial charge in [0.25, 0.3) is 15.9 Å². The molecule has 0 atom stereocenters. The minimum absolute atomic E-state index is 0.0175. The Morgan fingerprint density at radius 3 is 2.41 bits per heavy atom. The Morgan fingerprint density at radius 2 is 1.72 bits per heavy atom. The highest BCUT2D eigenvalue weighted by Gasteiger charge is 2.24. The Kier molecular flexibility index (Phi) is 7.52. The van der Waals surface area contributed by atoms with Crippen LogP contribution in [0.2, 0.25) is 0 Å². The fraction of sp³-hybridized carbons (Fsp3) is 0.391. The zero-order valence-corrected chi connectivity index (χ0v) is 19.5. The predicted octanol–water partition coefficient (Wildman–Crippen LogP) is 2.00. The van der Waals surface area contributed by atoms with Crippen LogP contribution in [0.4, 0.5) is 5.69 Å². The molecule has 3 rings (SSSR count). The van der Waals surface area contributed by atoms with Gasteiger partial charge in [0.15, 0.2) is 0 Å². The van der Waals surface area contributed by atoms with Crippen LogP contribution in [0.3, 0.4) is 0 Å². The summed E-state index contributed by atoms with van der Waals surface area (Å²) in [6, 6.07) is 11.8. The number of carbonyl (C=O) groups is 2. The monoisotopic (exact) mass is 458 g/mol. The number of nitrogens with zero attached hydrogens (tertiary/aromatic N) is 2. The third-order valence-electron chi connectivity index (χ3n) is 5.40. The number of carbonyl (C=O) groups excluding carboxylic acids is 2. The van der Waals surface area contributed by atoms with Gasteiger partial charge in [-0.3, -0.25) is 19.2 Å². The second-order valence-corrected chi connectivity index (χ2v) is 9.63. The van der Waals surface area contributed by atoms with Gasteiger partial charge in [-0.05, 0) is 56.2 Å². The van der Waals surface area contributed by atoms with Gasteiger partial charge in [-0.1, -0.05) is 18.2 Å². The predicted molar refractivity (Wildman–Crippen MR) is 124 cm³/mol. The molecule has 0 radical (unpaired) electrons. The molecule has 2 aromatic rings. The van der Waals surface area contributed by atoms with E-state index < -0.39 is 10.0 Å². The Morgan fingerprint density at radius 1 is 1.00 bits per heavy atom. The molecule has 1 heterocycles. The van der Waals surface area contributed by atoms with Crippen molar-refractivity contribution in [3.05, 3.63) is 59.2 Å². The maximum absolute atomic E-state index is 13.0. The van der Waals surface area contributed by atoms with Gasteiger partial charge in [0, 0.05) is 44.0 Å². The lowest BCUT2D eigenvalue weighted by molar-refractivity contribution is -0.122. The first-order valence-electron chi connectivity index (χ1n) is 10.7. The number of aryl methyl sites for hydroxylation is 2. The SMILES string of the molecule is CCNC(=O)CN1CCN(C(=O)c2cccc(NS(=O)(=O)c3cc(C)ccc3C)c2)CC1. The minimum atomic E-state index is -3.78. The van der Waals surface area contributed by atoms with Crippen LogP contribution in [0.15, 0.2) is 47.4 Å².